The van der Waals surface area contributed by atoms with Gasteiger partial charge >= 0.3 is 5.69 Å². The lowest BCUT2D eigenvalue weighted by Gasteiger charge is -2.25. The average Bonchev–Trinajstić information content (AvgIpc) is 3.23. The molecule has 10 nitrogen and oxygen atoms in total. The van der Waals surface area contributed by atoms with Crippen molar-refractivity contribution >= 4 is 68.9 Å². The van der Waals surface area contributed by atoms with Gasteiger partial charge in [-0.25, -0.2) is 0 Å². The number of benzene rings is 3. The first-order valence-corrected chi connectivity index (χ1v) is 13.0. The van der Waals surface area contributed by atoms with Crippen LogP contribution in [0, 0.1) is 23.8 Å². The number of ether oxygens (including phenoxy) is 2. The Morgan fingerprint density at radius 3 is 2.44 bits per heavy atom. The molecule has 1 heterocycles. The topological polar surface area (TPSA) is 125 Å². The zero-order chi connectivity index (χ0) is 26.0. The summed E-state index contributed by atoms with van der Waals surface area (Å²) in [6, 6.07) is 13.7. The Morgan fingerprint density at radius 1 is 1.08 bits per heavy atom. The lowest BCUT2D eigenvalue weighted by molar-refractivity contribution is -0.394. The summed E-state index contributed by atoms with van der Waals surface area (Å²) in [5.41, 5.74) is 0.514. The normalized spacial score (nSPS) is 15.1. The summed E-state index contributed by atoms with van der Waals surface area (Å²) in [4.78, 5) is 35.6. The Kier molecular flexibility index (Phi) is 7.85. The minimum atomic E-state index is -0.741. The van der Waals surface area contributed by atoms with Crippen LogP contribution in [0.5, 0.6) is 17.2 Å². The number of halogens is 2. The molecule has 1 aliphatic rings. The SMILES string of the molecule is CCOc1cc([C@H]2SCC(=O)N2c2ccc(Cl)cc2)cc(I)c1Oc1ccc([N+](=O)[O-])cc1[N+](=O)[O-]. The highest BCUT2D eigenvalue weighted by Crippen LogP contribution is 2.47. The third-order valence-electron chi connectivity index (χ3n) is 5.15. The van der Waals surface area contributed by atoms with Crippen LogP contribution in [-0.4, -0.2) is 28.1 Å². The van der Waals surface area contributed by atoms with Gasteiger partial charge < -0.3 is 9.47 Å². The van der Waals surface area contributed by atoms with E-state index in [4.69, 9.17) is 21.1 Å². The molecule has 0 saturated carbocycles. The first kappa shape index (κ1) is 26.0. The van der Waals surface area contributed by atoms with Crippen LogP contribution in [0.4, 0.5) is 17.1 Å². The number of non-ortho nitro benzene ring substituents is 1. The van der Waals surface area contributed by atoms with Gasteiger partial charge in [-0.05, 0) is 77.5 Å². The molecular formula is C23H17ClIN3O7S. The zero-order valence-corrected chi connectivity index (χ0v) is 22.3. The highest BCUT2D eigenvalue weighted by molar-refractivity contribution is 14.1. The van der Waals surface area contributed by atoms with Crippen LogP contribution in [0.3, 0.4) is 0 Å². The number of anilines is 1. The highest BCUT2D eigenvalue weighted by atomic mass is 127. The molecule has 0 bridgehead atoms. The minimum Gasteiger partial charge on any atom is -0.490 e. The number of hydrogen-bond donors (Lipinski definition) is 0. The Hall–Kier alpha value is -3.10. The van der Waals surface area contributed by atoms with Crippen molar-refractivity contribution in [2.75, 3.05) is 17.3 Å². The largest absolute Gasteiger partial charge is 0.490 e. The lowest BCUT2D eigenvalue weighted by atomic mass is 10.1. The minimum absolute atomic E-state index is 0.0536. The van der Waals surface area contributed by atoms with Crippen LogP contribution in [0.25, 0.3) is 0 Å². The molecule has 4 rings (SSSR count). The average molecular weight is 642 g/mol. The second-order valence-electron chi connectivity index (χ2n) is 7.43. The van der Waals surface area contributed by atoms with Crippen molar-refractivity contribution in [3.63, 3.8) is 0 Å². The predicted molar refractivity (Wildman–Crippen MR) is 144 cm³/mol. The molecule has 3 aromatic carbocycles. The van der Waals surface area contributed by atoms with Gasteiger partial charge in [0.2, 0.25) is 11.7 Å². The molecule has 13 heteroatoms. The number of hydrogen-bond acceptors (Lipinski definition) is 8. The fourth-order valence-electron chi connectivity index (χ4n) is 3.60. The van der Waals surface area contributed by atoms with E-state index >= 15 is 0 Å². The molecule has 0 radical (unpaired) electrons. The molecule has 186 valence electrons. The van der Waals surface area contributed by atoms with Crippen molar-refractivity contribution in [1.29, 1.82) is 0 Å². The van der Waals surface area contributed by atoms with Gasteiger partial charge in [0.15, 0.2) is 11.5 Å². The summed E-state index contributed by atoms with van der Waals surface area (Å²) < 4.78 is 12.3. The fraction of sp³-hybridized carbons (Fsp3) is 0.174. The standard InChI is InChI=1S/C23H17ClIN3O7S/c1-2-34-20-10-13(23-26(21(29)12-36-23)15-5-3-14(24)4-6-15)9-17(25)22(20)35-19-8-7-16(27(30)31)11-18(19)28(32)33/h3-11,23H,2,12H2,1H3/t23-/m1/s1. The quantitative estimate of drug-likeness (QED) is 0.151. The van der Waals surface area contributed by atoms with Gasteiger partial charge in [-0.15, -0.1) is 11.8 Å². The zero-order valence-electron chi connectivity index (χ0n) is 18.6. The molecule has 1 atom stereocenters. The first-order chi connectivity index (χ1) is 17.2. The fourth-order valence-corrected chi connectivity index (χ4v) is 5.62. The summed E-state index contributed by atoms with van der Waals surface area (Å²) in [6.45, 7) is 2.07. The van der Waals surface area contributed by atoms with Gasteiger partial charge in [0.25, 0.3) is 5.69 Å². The van der Waals surface area contributed by atoms with Crippen LogP contribution >= 0.6 is 46.0 Å². The molecule has 0 unspecified atom stereocenters. The first-order valence-electron chi connectivity index (χ1n) is 10.5. The van der Waals surface area contributed by atoms with Crippen molar-refractivity contribution in [3.8, 4) is 17.2 Å². The van der Waals surface area contributed by atoms with Crippen molar-refractivity contribution < 1.29 is 24.1 Å². The predicted octanol–water partition coefficient (Wildman–Crippen LogP) is 6.73. The Morgan fingerprint density at radius 2 is 1.81 bits per heavy atom. The third-order valence-corrected chi connectivity index (χ3v) is 7.42. The smallest absolute Gasteiger partial charge is 0.318 e. The summed E-state index contributed by atoms with van der Waals surface area (Å²) in [6.07, 6.45) is 0. The van der Waals surface area contributed by atoms with E-state index in [1.807, 2.05) is 28.7 Å². The van der Waals surface area contributed by atoms with Crippen LogP contribution < -0.4 is 14.4 Å². The van der Waals surface area contributed by atoms with E-state index in [2.05, 4.69) is 0 Å². The van der Waals surface area contributed by atoms with E-state index in [1.165, 1.54) is 17.8 Å². The molecule has 1 fully saturated rings. The van der Waals surface area contributed by atoms with Crippen LogP contribution in [-0.2, 0) is 4.79 Å². The Bertz CT molecular complexity index is 1360. The molecule has 1 aliphatic heterocycles. The van der Waals surface area contributed by atoms with E-state index < -0.39 is 21.2 Å². The van der Waals surface area contributed by atoms with Crippen molar-refractivity contribution in [2.45, 2.75) is 12.3 Å². The molecule has 0 spiro atoms. The maximum absolute atomic E-state index is 12.7. The second-order valence-corrected chi connectivity index (χ2v) is 10.1. The molecule has 0 aromatic heterocycles. The number of carbonyl (C=O) groups excluding carboxylic acids is 1. The lowest BCUT2D eigenvalue weighted by Crippen LogP contribution is -2.27. The number of carbonyl (C=O) groups is 1. The maximum Gasteiger partial charge on any atom is 0.318 e. The summed E-state index contributed by atoms with van der Waals surface area (Å²) in [5, 5.41) is 22.8. The van der Waals surface area contributed by atoms with Gasteiger partial charge in [0, 0.05) is 16.8 Å². The van der Waals surface area contributed by atoms with Gasteiger partial charge in [0.05, 0.1) is 31.8 Å². The number of nitro benzene ring substituents is 2. The molecule has 0 N–H and O–H groups in total. The van der Waals surface area contributed by atoms with Crippen molar-refractivity contribution in [1.82, 2.24) is 0 Å². The molecule has 36 heavy (non-hydrogen) atoms. The Balaban J connectivity index is 1.74. The van der Waals surface area contributed by atoms with Gasteiger partial charge in [-0.1, -0.05) is 11.6 Å². The second kappa shape index (κ2) is 10.9. The highest BCUT2D eigenvalue weighted by Gasteiger charge is 2.35. The van der Waals surface area contributed by atoms with Crippen molar-refractivity contribution in [3.05, 3.63) is 89.0 Å². The van der Waals surface area contributed by atoms with E-state index in [-0.39, 0.29) is 29.4 Å². The van der Waals surface area contributed by atoms with Gasteiger partial charge in [0.1, 0.15) is 5.37 Å². The van der Waals surface area contributed by atoms with Gasteiger partial charge in [-0.3, -0.25) is 29.9 Å². The monoisotopic (exact) mass is 641 g/mol. The van der Waals surface area contributed by atoms with Crippen molar-refractivity contribution in [2.24, 2.45) is 0 Å². The van der Waals surface area contributed by atoms with E-state index in [0.29, 0.717) is 25.8 Å². The number of rotatable bonds is 8. The number of thioether (sulfide) groups is 1. The molecule has 0 aliphatic carbocycles. The summed E-state index contributed by atoms with van der Waals surface area (Å²) in [7, 11) is 0. The van der Waals surface area contributed by atoms with Crippen LogP contribution in [0.2, 0.25) is 5.02 Å². The maximum atomic E-state index is 12.7. The van der Waals surface area contributed by atoms with E-state index in [9.17, 15) is 25.0 Å². The molecule has 3 aromatic rings. The molecule has 1 amide bonds. The third kappa shape index (κ3) is 5.34. The summed E-state index contributed by atoms with van der Waals surface area (Å²) in [5.74, 6) is 0.627. The number of amides is 1. The van der Waals surface area contributed by atoms with Crippen LogP contribution in [0.1, 0.15) is 17.9 Å². The number of nitrogens with zero attached hydrogens (tertiary/aromatic N) is 3. The number of nitro groups is 2. The summed E-state index contributed by atoms with van der Waals surface area (Å²) >= 11 is 9.49. The van der Waals surface area contributed by atoms with E-state index in [1.54, 1.807) is 42.2 Å². The molecular weight excluding hydrogens is 625 g/mol. The Labute approximate surface area is 228 Å². The van der Waals surface area contributed by atoms with E-state index in [0.717, 1.165) is 17.7 Å². The van der Waals surface area contributed by atoms with Gasteiger partial charge in [-0.2, -0.15) is 0 Å². The van der Waals surface area contributed by atoms with Crippen LogP contribution in [0.15, 0.2) is 54.6 Å². The molecule has 1 saturated heterocycles.